The van der Waals surface area contributed by atoms with Gasteiger partial charge < -0.3 is 14.5 Å². The van der Waals surface area contributed by atoms with Crippen LogP contribution >= 0.6 is 0 Å². The molecule has 0 fully saturated rings. The first-order valence-electron chi connectivity index (χ1n) is 22.9. The van der Waals surface area contributed by atoms with Crippen LogP contribution in [0.3, 0.4) is 0 Å². The van der Waals surface area contributed by atoms with E-state index in [-0.39, 0.29) is 0 Å². The SMILES string of the molecule is c1ccc(-c2ccc(N3CN(c4cccc(Oc5ccc6c7ccccc7n(-c7nc8ccc9ccc%10ccccc%10c9c8c8c7ccc7ccccc78)c6c5)c4)c4ccccc43)cc2)cc1. The summed E-state index contributed by atoms with van der Waals surface area (Å²) < 4.78 is 9.21. The molecule has 0 unspecified atom stereocenters. The standard InChI is InChI=1S/C62H40N4O/c1-2-13-40(14-3-1)41-27-31-45(32-28-41)64-39-65(57-24-11-10-23-56(57)64)46-17-12-18-47(37-46)67-48-33-35-52-51-21-8-9-22-55(51)66(58(52)38-48)62-53-34-29-43-16-5-7-20-50(43)60(53)61-54(63-62)36-30-44-26-25-42-15-4-6-19-49(42)59(44)61/h1-38H,39H2. The van der Waals surface area contributed by atoms with E-state index in [2.05, 4.69) is 239 Å². The number of anilines is 4. The molecule has 0 saturated heterocycles. The second kappa shape index (κ2) is 14.8. The van der Waals surface area contributed by atoms with Crippen molar-refractivity contribution in [1.29, 1.82) is 0 Å². The van der Waals surface area contributed by atoms with E-state index >= 15 is 0 Å². The quantitative estimate of drug-likeness (QED) is 0.156. The fourth-order valence-corrected chi connectivity index (χ4v) is 10.7. The van der Waals surface area contributed by atoms with Crippen molar-refractivity contribution in [3.05, 3.63) is 231 Å². The van der Waals surface area contributed by atoms with Gasteiger partial charge in [-0.2, -0.15) is 0 Å². The highest BCUT2D eigenvalue weighted by molar-refractivity contribution is 6.32. The molecule has 13 aromatic rings. The van der Waals surface area contributed by atoms with Gasteiger partial charge in [0.05, 0.1) is 27.9 Å². The number of benzene rings is 11. The van der Waals surface area contributed by atoms with Crippen LogP contribution in [-0.4, -0.2) is 16.2 Å². The predicted molar refractivity (Wildman–Crippen MR) is 280 cm³/mol. The highest BCUT2D eigenvalue weighted by Gasteiger charge is 2.28. The molecule has 0 bridgehead atoms. The lowest BCUT2D eigenvalue weighted by molar-refractivity contribution is 0.483. The second-order valence-electron chi connectivity index (χ2n) is 17.5. The maximum atomic E-state index is 6.86. The van der Waals surface area contributed by atoms with Crippen molar-refractivity contribution in [2.45, 2.75) is 0 Å². The summed E-state index contributed by atoms with van der Waals surface area (Å²) in [5.74, 6) is 2.41. The van der Waals surface area contributed by atoms with Crippen LogP contribution in [0, 0.1) is 0 Å². The molecule has 5 heteroatoms. The van der Waals surface area contributed by atoms with Crippen molar-refractivity contribution in [2.75, 3.05) is 16.5 Å². The molecule has 0 aliphatic carbocycles. The number of hydrogen-bond donors (Lipinski definition) is 0. The summed E-state index contributed by atoms with van der Waals surface area (Å²) in [4.78, 5) is 10.4. The second-order valence-corrected chi connectivity index (χ2v) is 17.5. The van der Waals surface area contributed by atoms with Crippen LogP contribution in [0.15, 0.2) is 231 Å². The molecule has 1 aliphatic rings. The van der Waals surface area contributed by atoms with E-state index in [0.29, 0.717) is 6.67 Å². The van der Waals surface area contributed by atoms with Gasteiger partial charge in [-0.05, 0) is 110 Å². The van der Waals surface area contributed by atoms with Crippen LogP contribution in [0.4, 0.5) is 22.7 Å². The lowest BCUT2D eigenvalue weighted by Crippen LogP contribution is -2.23. The molecule has 3 heterocycles. The van der Waals surface area contributed by atoms with E-state index in [9.17, 15) is 0 Å². The summed E-state index contributed by atoms with van der Waals surface area (Å²) >= 11 is 0. The summed E-state index contributed by atoms with van der Waals surface area (Å²) in [5.41, 5.74) is 10.0. The van der Waals surface area contributed by atoms with Gasteiger partial charge in [-0.3, -0.25) is 4.57 Å². The summed E-state index contributed by atoms with van der Waals surface area (Å²) in [5, 5.41) is 13.1. The number of rotatable bonds is 6. The zero-order chi connectivity index (χ0) is 44.0. The molecule has 0 radical (unpaired) electrons. The minimum absolute atomic E-state index is 0.674. The zero-order valence-corrected chi connectivity index (χ0v) is 36.3. The van der Waals surface area contributed by atoms with E-state index in [0.717, 1.165) is 61.7 Å². The number of ether oxygens (including phenoxy) is 1. The number of para-hydroxylation sites is 3. The molecule has 11 aromatic carbocycles. The van der Waals surface area contributed by atoms with Crippen molar-refractivity contribution in [3.63, 3.8) is 0 Å². The lowest BCUT2D eigenvalue weighted by atomic mass is 9.92. The fourth-order valence-electron chi connectivity index (χ4n) is 10.7. The van der Waals surface area contributed by atoms with E-state index in [4.69, 9.17) is 9.72 Å². The van der Waals surface area contributed by atoms with Gasteiger partial charge in [-0.25, -0.2) is 4.98 Å². The van der Waals surface area contributed by atoms with Crippen molar-refractivity contribution < 1.29 is 4.74 Å². The molecule has 1 aliphatic heterocycles. The number of pyridine rings is 1. The average molecular weight is 857 g/mol. The molecule has 2 aromatic heterocycles. The molecule has 0 atom stereocenters. The lowest BCUT2D eigenvalue weighted by Gasteiger charge is -2.22. The molecule has 0 N–H and O–H groups in total. The third kappa shape index (κ3) is 5.91. The van der Waals surface area contributed by atoms with Crippen LogP contribution in [0.2, 0.25) is 0 Å². The van der Waals surface area contributed by atoms with E-state index < -0.39 is 0 Å². The Morgan fingerprint density at radius 1 is 0.358 bits per heavy atom. The molecule has 314 valence electrons. The first kappa shape index (κ1) is 37.4. The van der Waals surface area contributed by atoms with Crippen LogP contribution < -0.4 is 14.5 Å². The van der Waals surface area contributed by atoms with Gasteiger partial charge in [0.15, 0.2) is 0 Å². The van der Waals surface area contributed by atoms with Gasteiger partial charge in [0.1, 0.15) is 24.0 Å². The van der Waals surface area contributed by atoms with Crippen molar-refractivity contribution >= 4 is 98.5 Å². The van der Waals surface area contributed by atoms with Crippen LogP contribution in [-0.2, 0) is 0 Å². The monoisotopic (exact) mass is 856 g/mol. The maximum Gasteiger partial charge on any atom is 0.146 e. The largest absolute Gasteiger partial charge is 0.457 e. The Hall–Kier alpha value is -8.93. The Morgan fingerprint density at radius 3 is 1.76 bits per heavy atom. The van der Waals surface area contributed by atoms with Gasteiger partial charge in [-0.1, -0.05) is 152 Å². The Balaban J connectivity index is 0.887. The average Bonchev–Trinajstić information content (AvgIpc) is 3.94. The minimum atomic E-state index is 0.674. The number of fused-ring (bicyclic) bond motifs is 13. The third-order valence-corrected chi connectivity index (χ3v) is 13.8. The summed E-state index contributed by atoms with van der Waals surface area (Å²) in [7, 11) is 0. The van der Waals surface area contributed by atoms with Crippen LogP contribution in [0.5, 0.6) is 11.5 Å². The van der Waals surface area contributed by atoms with Gasteiger partial charge in [0.25, 0.3) is 0 Å². The first-order chi connectivity index (χ1) is 33.2. The summed E-state index contributed by atoms with van der Waals surface area (Å²) in [6, 6.07) is 82.5. The number of aromatic nitrogens is 2. The van der Waals surface area contributed by atoms with Crippen LogP contribution in [0.25, 0.3) is 92.7 Å². The highest BCUT2D eigenvalue weighted by atomic mass is 16.5. The third-order valence-electron chi connectivity index (χ3n) is 13.8. The molecule has 14 rings (SSSR count). The van der Waals surface area contributed by atoms with Crippen molar-refractivity contribution in [3.8, 4) is 28.4 Å². The summed E-state index contributed by atoms with van der Waals surface area (Å²) in [6.45, 7) is 0.674. The Kier molecular flexibility index (Phi) is 8.28. The van der Waals surface area contributed by atoms with E-state index in [1.807, 2.05) is 6.07 Å². The van der Waals surface area contributed by atoms with Crippen molar-refractivity contribution in [2.24, 2.45) is 0 Å². The van der Waals surface area contributed by atoms with Crippen LogP contribution in [0.1, 0.15) is 0 Å². The Bertz CT molecular complexity index is 4120. The van der Waals surface area contributed by atoms with Crippen molar-refractivity contribution in [1.82, 2.24) is 9.55 Å². The fraction of sp³-hybridized carbons (Fsp3) is 0.0161. The highest BCUT2D eigenvalue weighted by Crippen LogP contribution is 2.46. The zero-order valence-electron chi connectivity index (χ0n) is 36.3. The Morgan fingerprint density at radius 2 is 0.955 bits per heavy atom. The van der Waals surface area contributed by atoms with E-state index in [1.165, 1.54) is 65.3 Å². The number of hydrogen-bond acceptors (Lipinski definition) is 4. The predicted octanol–water partition coefficient (Wildman–Crippen LogP) is 16.7. The molecular formula is C62H40N4O. The van der Waals surface area contributed by atoms with E-state index in [1.54, 1.807) is 0 Å². The normalized spacial score (nSPS) is 12.7. The van der Waals surface area contributed by atoms with Gasteiger partial charge in [0.2, 0.25) is 0 Å². The van der Waals surface area contributed by atoms with Gasteiger partial charge in [0, 0.05) is 50.4 Å². The summed E-state index contributed by atoms with van der Waals surface area (Å²) in [6.07, 6.45) is 0. The topological polar surface area (TPSA) is 33.5 Å². The molecular weight excluding hydrogens is 817 g/mol. The molecule has 0 spiro atoms. The molecule has 67 heavy (non-hydrogen) atoms. The number of nitrogens with zero attached hydrogens (tertiary/aromatic N) is 4. The smallest absolute Gasteiger partial charge is 0.146 e. The molecule has 0 saturated carbocycles. The Labute approximate surface area is 386 Å². The molecule has 0 amide bonds. The maximum absolute atomic E-state index is 6.86. The first-order valence-corrected chi connectivity index (χ1v) is 22.9. The van der Waals surface area contributed by atoms with Gasteiger partial charge in [-0.15, -0.1) is 0 Å². The minimum Gasteiger partial charge on any atom is -0.457 e. The molecule has 5 nitrogen and oxygen atoms in total. The van der Waals surface area contributed by atoms with Gasteiger partial charge >= 0.3 is 0 Å².